The fourth-order valence-corrected chi connectivity index (χ4v) is 2.81. The molecule has 0 saturated carbocycles. The van der Waals surface area contributed by atoms with E-state index >= 15 is 0 Å². The maximum absolute atomic E-state index is 5.52. The molecular weight excluding hydrogens is 350 g/mol. The number of ether oxygens (including phenoxy) is 1. The van der Waals surface area contributed by atoms with Gasteiger partial charge in [0.25, 0.3) is 0 Å². The third-order valence-corrected chi connectivity index (χ3v) is 4.15. The van der Waals surface area contributed by atoms with Crippen molar-refractivity contribution in [1.29, 1.82) is 0 Å². The molecule has 0 bridgehead atoms. The summed E-state index contributed by atoms with van der Waals surface area (Å²) in [6.45, 7) is 15.0. The standard InChI is InChI=1S/C19H29N5O.C3H8/c1-7-8-23(5)15(3)19-14(2)12-24(22-19)13-16-10-21-17(11-20-4)9-18(16)25-6;1-3-2/h9-10,12,20H,3,7-8,11,13H2,1-2,4-6H3;3H2,1-2H3. The highest BCUT2D eigenvalue weighted by Gasteiger charge is 2.14. The van der Waals surface area contributed by atoms with Crippen LogP contribution in [0.3, 0.4) is 0 Å². The molecule has 0 aliphatic rings. The van der Waals surface area contributed by atoms with E-state index in [1.807, 2.05) is 30.2 Å². The first-order chi connectivity index (χ1) is 13.4. The molecule has 0 fully saturated rings. The zero-order valence-corrected chi connectivity index (χ0v) is 18.7. The van der Waals surface area contributed by atoms with Crippen molar-refractivity contribution in [3.8, 4) is 5.75 Å². The lowest BCUT2D eigenvalue weighted by Crippen LogP contribution is -2.17. The second-order valence-corrected chi connectivity index (χ2v) is 6.95. The SMILES string of the molecule is C=C(c1nn(Cc2cnc(CNC)cc2OC)cc1C)N(C)CCC.CCC. The highest BCUT2D eigenvalue weighted by atomic mass is 16.5. The van der Waals surface area contributed by atoms with Gasteiger partial charge in [0, 0.05) is 44.2 Å². The number of rotatable bonds is 9. The van der Waals surface area contributed by atoms with Crippen LogP contribution < -0.4 is 10.1 Å². The van der Waals surface area contributed by atoms with Crippen molar-refractivity contribution >= 4 is 5.70 Å². The van der Waals surface area contributed by atoms with Gasteiger partial charge in [-0.3, -0.25) is 9.67 Å². The lowest BCUT2D eigenvalue weighted by Gasteiger charge is -2.19. The summed E-state index contributed by atoms with van der Waals surface area (Å²) >= 11 is 0. The van der Waals surface area contributed by atoms with Crippen molar-refractivity contribution in [3.05, 3.63) is 47.6 Å². The Labute approximate surface area is 170 Å². The largest absolute Gasteiger partial charge is 0.496 e. The minimum absolute atomic E-state index is 0.613. The number of aromatic nitrogens is 3. The smallest absolute Gasteiger partial charge is 0.127 e. The molecular formula is C22H37N5O. The molecule has 0 spiro atoms. The Morgan fingerprint density at radius 3 is 2.57 bits per heavy atom. The van der Waals surface area contributed by atoms with E-state index in [1.165, 1.54) is 6.42 Å². The summed E-state index contributed by atoms with van der Waals surface area (Å²) in [5, 5.41) is 7.82. The lowest BCUT2D eigenvalue weighted by molar-refractivity contribution is 0.405. The van der Waals surface area contributed by atoms with Crippen LogP contribution >= 0.6 is 0 Å². The molecule has 2 rings (SSSR count). The molecule has 2 aromatic rings. The van der Waals surface area contributed by atoms with Crippen LogP contribution in [0.2, 0.25) is 0 Å². The summed E-state index contributed by atoms with van der Waals surface area (Å²) in [5.41, 5.74) is 4.97. The van der Waals surface area contributed by atoms with Gasteiger partial charge < -0.3 is 15.0 Å². The van der Waals surface area contributed by atoms with Crippen molar-refractivity contribution in [1.82, 2.24) is 25.0 Å². The third-order valence-electron chi connectivity index (χ3n) is 4.15. The Morgan fingerprint density at radius 2 is 2.00 bits per heavy atom. The van der Waals surface area contributed by atoms with E-state index in [0.29, 0.717) is 13.1 Å². The van der Waals surface area contributed by atoms with Gasteiger partial charge in [0.15, 0.2) is 0 Å². The molecule has 1 N–H and O–H groups in total. The van der Waals surface area contributed by atoms with Crippen LogP contribution in [0.15, 0.2) is 25.0 Å². The fraction of sp³-hybridized carbons (Fsp3) is 0.545. The van der Waals surface area contributed by atoms with Gasteiger partial charge in [0.2, 0.25) is 0 Å². The van der Waals surface area contributed by atoms with Crippen molar-refractivity contribution in [2.75, 3.05) is 27.7 Å². The van der Waals surface area contributed by atoms with E-state index < -0.39 is 0 Å². The zero-order valence-electron chi connectivity index (χ0n) is 18.7. The fourth-order valence-electron chi connectivity index (χ4n) is 2.81. The highest BCUT2D eigenvalue weighted by molar-refractivity contribution is 5.60. The molecule has 0 amide bonds. The van der Waals surface area contributed by atoms with Crippen LogP contribution in [-0.4, -0.2) is 47.4 Å². The van der Waals surface area contributed by atoms with E-state index in [2.05, 4.69) is 56.5 Å². The molecule has 6 heteroatoms. The van der Waals surface area contributed by atoms with Crippen LogP contribution in [0.1, 0.15) is 56.1 Å². The average Bonchev–Trinajstić information content (AvgIpc) is 3.03. The van der Waals surface area contributed by atoms with Gasteiger partial charge in [0.05, 0.1) is 25.0 Å². The summed E-state index contributed by atoms with van der Waals surface area (Å²) in [6, 6.07) is 1.97. The van der Waals surface area contributed by atoms with Gasteiger partial charge in [-0.05, 0) is 26.0 Å². The Hall–Kier alpha value is -2.34. The number of hydrogen-bond acceptors (Lipinski definition) is 5. The topological polar surface area (TPSA) is 55.2 Å². The summed E-state index contributed by atoms with van der Waals surface area (Å²) < 4.78 is 7.45. The molecule has 2 heterocycles. The molecule has 156 valence electrons. The lowest BCUT2D eigenvalue weighted by atomic mass is 10.2. The van der Waals surface area contributed by atoms with Crippen molar-refractivity contribution < 1.29 is 4.74 Å². The van der Waals surface area contributed by atoms with Crippen molar-refractivity contribution in [2.24, 2.45) is 0 Å². The van der Waals surface area contributed by atoms with E-state index in [-0.39, 0.29) is 0 Å². The first-order valence-corrected chi connectivity index (χ1v) is 10.0. The van der Waals surface area contributed by atoms with E-state index in [9.17, 15) is 0 Å². The number of hydrogen-bond donors (Lipinski definition) is 1. The number of nitrogens with zero attached hydrogens (tertiary/aromatic N) is 4. The van der Waals surface area contributed by atoms with Gasteiger partial charge >= 0.3 is 0 Å². The average molecular weight is 388 g/mol. The Balaban J connectivity index is 0.00000122. The highest BCUT2D eigenvalue weighted by Crippen LogP contribution is 2.22. The Kier molecular flexibility index (Phi) is 10.3. The molecule has 0 atom stereocenters. The van der Waals surface area contributed by atoms with Gasteiger partial charge in [0.1, 0.15) is 11.4 Å². The van der Waals surface area contributed by atoms with Crippen LogP contribution in [-0.2, 0) is 13.1 Å². The molecule has 0 saturated heterocycles. The van der Waals surface area contributed by atoms with Crippen molar-refractivity contribution in [2.45, 2.75) is 53.6 Å². The second kappa shape index (κ2) is 12.2. The first-order valence-electron chi connectivity index (χ1n) is 10.0. The molecule has 6 nitrogen and oxygen atoms in total. The number of aryl methyl sites for hydroxylation is 1. The summed E-state index contributed by atoms with van der Waals surface area (Å²) in [6.07, 6.45) is 6.23. The van der Waals surface area contributed by atoms with Crippen LogP contribution in [0.5, 0.6) is 5.75 Å². The minimum Gasteiger partial charge on any atom is -0.496 e. The summed E-state index contributed by atoms with van der Waals surface area (Å²) in [4.78, 5) is 6.63. The summed E-state index contributed by atoms with van der Waals surface area (Å²) in [5.74, 6) is 0.830. The van der Waals surface area contributed by atoms with Crippen molar-refractivity contribution in [3.63, 3.8) is 0 Å². The molecule has 28 heavy (non-hydrogen) atoms. The maximum Gasteiger partial charge on any atom is 0.127 e. The van der Waals surface area contributed by atoms with Gasteiger partial charge in [-0.15, -0.1) is 0 Å². The predicted octanol–water partition coefficient (Wildman–Crippen LogP) is 4.09. The number of nitrogens with one attached hydrogen (secondary N) is 1. The van der Waals surface area contributed by atoms with E-state index in [1.54, 1.807) is 7.11 Å². The van der Waals surface area contributed by atoms with Crippen LogP contribution in [0, 0.1) is 6.92 Å². The Bertz CT molecular complexity index is 739. The molecule has 2 aromatic heterocycles. The Morgan fingerprint density at radius 1 is 1.32 bits per heavy atom. The molecule has 0 aliphatic heterocycles. The quantitative estimate of drug-likeness (QED) is 0.702. The predicted molar refractivity (Wildman–Crippen MR) is 118 cm³/mol. The van der Waals surface area contributed by atoms with Gasteiger partial charge in [-0.1, -0.05) is 33.8 Å². The molecule has 0 radical (unpaired) electrons. The third kappa shape index (κ3) is 6.68. The maximum atomic E-state index is 5.52. The zero-order chi connectivity index (χ0) is 21.1. The second-order valence-electron chi connectivity index (χ2n) is 6.95. The van der Waals surface area contributed by atoms with Crippen LogP contribution in [0.25, 0.3) is 5.70 Å². The summed E-state index contributed by atoms with van der Waals surface area (Å²) in [7, 11) is 5.64. The van der Waals surface area contributed by atoms with Gasteiger partial charge in [-0.25, -0.2) is 0 Å². The molecule has 0 aliphatic carbocycles. The van der Waals surface area contributed by atoms with Crippen LogP contribution in [0.4, 0.5) is 0 Å². The first kappa shape index (κ1) is 23.7. The molecule has 0 aromatic carbocycles. The van der Waals surface area contributed by atoms with E-state index in [4.69, 9.17) is 9.84 Å². The number of pyridine rings is 1. The monoisotopic (exact) mass is 387 g/mol. The number of methoxy groups -OCH3 is 1. The minimum atomic E-state index is 0.613. The van der Waals surface area contributed by atoms with Gasteiger partial charge in [-0.2, -0.15) is 5.10 Å². The van der Waals surface area contributed by atoms with E-state index in [0.717, 1.165) is 46.9 Å². The molecule has 0 unspecified atom stereocenters. The normalized spacial score (nSPS) is 10.2.